The van der Waals surface area contributed by atoms with Crippen LogP contribution in [0.4, 0.5) is 22.5 Å². The minimum atomic E-state index is -1.20. The number of carboxylic acids is 1. The number of aliphatic hydroxyl groups is 1. The van der Waals surface area contributed by atoms with E-state index >= 15 is 0 Å². The second kappa shape index (κ2) is 9.49. The van der Waals surface area contributed by atoms with Gasteiger partial charge in [0.2, 0.25) is 11.9 Å². The number of aromatic carboxylic acids is 1. The number of carboxylic acid groups (broad SMARTS) is 1. The molecule has 1 amide bonds. The Hall–Kier alpha value is -3.74. The van der Waals surface area contributed by atoms with Gasteiger partial charge in [-0.1, -0.05) is 0 Å². The topological polar surface area (TPSA) is 171 Å². The zero-order chi connectivity index (χ0) is 25.3. The van der Waals surface area contributed by atoms with Crippen molar-refractivity contribution in [1.82, 2.24) is 24.8 Å². The van der Waals surface area contributed by atoms with Crippen molar-refractivity contribution in [2.45, 2.75) is 45.4 Å². The predicted molar refractivity (Wildman–Crippen MR) is 126 cm³/mol. The van der Waals surface area contributed by atoms with Gasteiger partial charge in [0.15, 0.2) is 0 Å². The molecule has 2 aromatic rings. The van der Waals surface area contributed by atoms with E-state index in [2.05, 4.69) is 15.0 Å². The maximum atomic E-state index is 12.4. The highest BCUT2D eigenvalue weighted by Crippen LogP contribution is 2.24. The molecule has 188 valence electrons. The van der Waals surface area contributed by atoms with Crippen molar-refractivity contribution in [3.05, 3.63) is 29.2 Å². The summed E-state index contributed by atoms with van der Waals surface area (Å²) in [6.07, 6.45) is 3.15. The summed E-state index contributed by atoms with van der Waals surface area (Å²) >= 11 is 0. The Morgan fingerprint density at radius 3 is 2.54 bits per heavy atom. The molecule has 0 spiro atoms. The summed E-state index contributed by atoms with van der Waals surface area (Å²) < 4.78 is 5.47. The largest absolute Gasteiger partial charge is 0.477 e. The number of aromatic nitrogens is 4. The average Bonchev–Trinajstić information content (AvgIpc) is 2.81. The van der Waals surface area contributed by atoms with Gasteiger partial charge < -0.3 is 35.4 Å². The summed E-state index contributed by atoms with van der Waals surface area (Å²) in [6.45, 7) is 7.67. The summed E-state index contributed by atoms with van der Waals surface area (Å²) in [5.41, 5.74) is 6.82. The first-order valence-corrected chi connectivity index (χ1v) is 11.4. The quantitative estimate of drug-likeness (QED) is 0.548. The van der Waals surface area contributed by atoms with Crippen LogP contribution in [0.25, 0.3) is 0 Å². The van der Waals surface area contributed by atoms with Crippen molar-refractivity contribution in [3.63, 3.8) is 0 Å². The lowest BCUT2D eigenvalue weighted by Gasteiger charge is -2.41. The molecule has 2 aliphatic heterocycles. The van der Waals surface area contributed by atoms with Crippen LogP contribution in [0.2, 0.25) is 0 Å². The number of aliphatic hydroxyl groups excluding tert-OH is 1. The summed E-state index contributed by atoms with van der Waals surface area (Å²) in [7, 11) is 0. The number of carbonyl (C=O) groups excluding carboxylic acids is 1. The highest BCUT2D eigenvalue weighted by atomic mass is 16.6. The normalized spacial score (nSPS) is 18.3. The fourth-order valence-corrected chi connectivity index (χ4v) is 4.09. The molecule has 35 heavy (non-hydrogen) atoms. The number of nitrogens with two attached hydrogens (primary N) is 1. The minimum Gasteiger partial charge on any atom is -0.477 e. The van der Waals surface area contributed by atoms with E-state index in [1.54, 1.807) is 16.0 Å². The minimum absolute atomic E-state index is 0.125. The predicted octanol–water partition coefficient (Wildman–Crippen LogP) is 0.528. The van der Waals surface area contributed by atoms with E-state index in [1.807, 2.05) is 25.7 Å². The SMILES string of the molecule is CC(C)(C)OC(=O)N1CCc2nc(N3CCN(c4ncc(C(=O)O)c(N)n4)C(CO)C3)ncc2C1. The van der Waals surface area contributed by atoms with Crippen LogP contribution in [0.5, 0.6) is 0 Å². The van der Waals surface area contributed by atoms with Crippen molar-refractivity contribution in [3.8, 4) is 0 Å². The molecular formula is C22H30N8O5. The van der Waals surface area contributed by atoms with Gasteiger partial charge in [-0.25, -0.2) is 24.5 Å². The molecule has 1 fully saturated rings. The van der Waals surface area contributed by atoms with Gasteiger partial charge in [-0.15, -0.1) is 0 Å². The first-order chi connectivity index (χ1) is 16.6. The summed E-state index contributed by atoms with van der Waals surface area (Å²) in [5.74, 6) is -0.509. The van der Waals surface area contributed by atoms with E-state index in [-0.39, 0.29) is 36.1 Å². The standard InChI is InChI=1S/C22H30N8O5/c1-22(2,3)35-21(34)29-5-4-16-13(10-29)8-24-19(26-16)28-6-7-30(14(11-28)12-31)20-25-9-15(18(32)33)17(23)27-20/h8-9,14,31H,4-7,10-12H2,1-3H3,(H,32,33)(H2,23,25,27). The van der Waals surface area contributed by atoms with Crippen LogP contribution in [0.1, 0.15) is 42.4 Å². The van der Waals surface area contributed by atoms with Gasteiger partial charge in [-0.05, 0) is 20.8 Å². The zero-order valence-electron chi connectivity index (χ0n) is 20.0. The third-order valence-electron chi connectivity index (χ3n) is 5.84. The van der Waals surface area contributed by atoms with Crippen LogP contribution in [0.3, 0.4) is 0 Å². The molecule has 2 aromatic heterocycles. The third kappa shape index (κ3) is 5.34. The molecule has 0 saturated carbocycles. The Bertz CT molecular complexity index is 1120. The molecule has 0 bridgehead atoms. The number of piperazine rings is 1. The van der Waals surface area contributed by atoms with E-state index in [0.717, 1.165) is 11.3 Å². The third-order valence-corrected chi connectivity index (χ3v) is 5.84. The Morgan fingerprint density at radius 2 is 1.89 bits per heavy atom. The van der Waals surface area contributed by atoms with Crippen LogP contribution >= 0.6 is 0 Å². The number of nitrogen functional groups attached to an aromatic ring is 1. The molecule has 13 nitrogen and oxygen atoms in total. The number of amides is 1. The number of anilines is 3. The molecule has 4 rings (SSSR count). The van der Waals surface area contributed by atoms with Crippen LogP contribution < -0.4 is 15.5 Å². The Kier molecular flexibility index (Phi) is 6.61. The van der Waals surface area contributed by atoms with Crippen LogP contribution in [-0.4, -0.2) is 91.5 Å². The Balaban J connectivity index is 1.45. The Morgan fingerprint density at radius 1 is 1.14 bits per heavy atom. The molecule has 0 aliphatic carbocycles. The molecule has 2 aliphatic rings. The number of carbonyl (C=O) groups is 2. The molecule has 4 N–H and O–H groups in total. The first-order valence-electron chi connectivity index (χ1n) is 11.4. The molecule has 1 saturated heterocycles. The number of hydrogen-bond acceptors (Lipinski definition) is 11. The van der Waals surface area contributed by atoms with Crippen LogP contribution in [0, 0.1) is 0 Å². The lowest BCUT2D eigenvalue weighted by atomic mass is 10.1. The van der Waals surface area contributed by atoms with Crippen molar-refractivity contribution in [2.75, 3.05) is 48.3 Å². The molecule has 1 atom stereocenters. The van der Waals surface area contributed by atoms with Crippen molar-refractivity contribution < 1.29 is 24.5 Å². The van der Waals surface area contributed by atoms with E-state index in [1.165, 1.54) is 6.20 Å². The molecule has 1 unspecified atom stereocenters. The fraction of sp³-hybridized carbons (Fsp3) is 0.545. The highest BCUT2D eigenvalue weighted by Gasteiger charge is 2.32. The van der Waals surface area contributed by atoms with E-state index in [9.17, 15) is 14.7 Å². The van der Waals surface area contributed by atoms with Gasteiger partial charge in [-0.2, -0.15) is 4.98 Å². The van der Waals surface area contributed by atoms with E-state index in [0.29, 0.717) is 45.1 Å². The van der Waals surface area contributed by atoms with E-state index in [4.69, 9.17) is 20.6 Å². The summed E-state index contributed by atoms with van der Waals surface area (Å²) in [6, 6.07) is -0.360. The average molecular weight is 487 g/mol. The van der Waals surface area contributed by atoms with Crippen molar-refractivity contribution in [1.29, 1.82) is 0 Å². The van der Waals surface area contributed by atoms with Crippen molar-refractivity contribution in [2.24, 2.45) is 0 Å². The number of hydrogen-bond donors (Lipinski definition) is 3. The zero-order valence-corrected chi connectivity index (χ0v) is 20.0. The number of fused-ring (bicyclic) bond motifs is 1. The van der Waals surface area contributed by atoms with Gasteiger partial charge >= 0.3 is 12.1 Å². The van der Waals surface area contributed by atoms with Gasteiger partial charge in [-0.3, -0.25) is 0 Å². The maximum absolute atomic E-state index is 12.4. The molecule has 0 aromatic carbocycles. The van der Waals surface area contributed by atoms with E-state index < -0.39 is 11.6 Å². The lowest BCUT2D eigenvalue weighted by molar-refractivity contribution is 0.0222. The summed E-state index contributed by atoms with van der Waals surface area (Å²) in [4.78, 5) is 46.5. The van der Waals surface area contributed by atoms with Crippen molar-refractivity contribution >= 4 is 29.8 Å². The fourth-order valence-electron chi connectivity index (χ4n) is 4.09. The van der Waals surface area contributed by atoms with Gasteiger partial charge in [0.1, 0.15) is 17.0 Å². The summed E-state index contributed by atoms with van der Waals surface area (Å²) in [5, 5.41) is 19.2. The number of rotatable bonds is 4. The second-order valence-corrected chi connectivity index (χ2v) is 9.54. The Labute approximate surface area is 202 Å². The van der Waals surface area contributed by atoms with Crippen LogP contribution in [-0.2, 0) is 17.7 Å². The molecular weight excluding hydrogens is 456 g/mol. The number of nitrogens with zero attached hydrogens (tertiary/aromatic N) is 7. The van der Waals surface area contributed by atoms with Gasteiger partial charge in [0, 0.05) is 50.6 Å². The second-order valence-electron chi connectivity index (χ2n) is 9.54. The lowest BCUT2D eigenvalue weighted by Crippen LogP contribution is -2.56. The van der Waals surface area contributed by atoms with Gasteiger partial charge in [0.25, 0.3) is 0 Å². The number of ether oxygens (including phenoxy) is 1. The first kappa shape index (κ1) is 24.4. The smallest absolute Gasteiger partial charge is 0.410 e. The van der Waals surface area contributed by atoms with Gasteiger partial charge in [0.05, 0.1) is 24.9 Å². The van der Waals surface area contributed by atoms with Crippen LogP contribution in [0.15, 0.2) is 12.4 Å². The molecule has 4 heterocycles. The molecule has 0 radical (unpaired) electrons. The monoisotopic (exact) mass is 486 g/mol. The maximum Gasteiger partial charge on any atom is 0.410 e. The highest BCUT2D eigenvalue weighted by molar-refractivity contribution is 5.92. The molecule has 13 heteroatoms.